The van der Waals surface area contributed by atoms with Gasteiger partial charge in [-0.15, -0.1) is 0 Å². The lowest BCUT2D eigenvalue weighted by atomic mass is 10.1. The van der Waals surface area contributed by atoms with Gasteiger partial charge in [-0.3, -0.25) is 9.59 Å². The Balaban J connectivity index is 1.50. The number of phenols is 1. The van der Waals surface area contributed by atoms with E-state index in [4.69, 9.17) is 4.42 Å². The number of unbranched alkanes of at least 4 members (excludes halogenated alkanes) is 3. The number of hydrogen-bond acceptors (Lipinski definition) is 5. The Morgan fingerprint density at radius 3 is 2.42 bits per heavy atom. The number of amides is 2. The standard InChI is InChI=1S/C19H23N3O4/c23-17-10-6-5-9-16(17)21-18(24)11-3-1-2-4-12-19(25)22-20-14-15-8-7-13-26-15/h5-10,13-14,23H,1-4,11-12H2,(H,21,24)(H,22,25)/b20-14+. The quantitative estimate of drug-likeness (QED) is 0.262. The first-order valence-corrected chi connectivity index (χ1v) is 8.58. The predicted octanol–water partition coefficient (Wildman–Crippen LogP) is 3.41. The van der Waals surface area contributed by atoms with E-state index in [0.717, 1.165) is 25.7 Å². The number of furan rings is 1. The molecule has 0 saturated carbocycles. The second-order valence-electron chi connectivity index (χ2n) is 5.79. The van der Waals surface area contributed by atoms with Crippen LogP contribution in [0.25, 0.3) is 0 Å². The summed E-state index contributed by atoms with van der Waals surface area (Å²) in [6, 6.07) is 10.1. The average molecular weight is 357 g/mol. The number of anilines is 1. The number of carbonyl (C=O) groups excluding carboxylic acids is 2. The minimum atomic E-state index is -0.148. The molecule has 2 aromatic rings. The predicted molar refractivity (Wildman–Crippen MR) is 98.9 cm³/mol. The molecule has 26 heavy (non-hydrogen) atoms. The van der Waals surface area contributed by atoms with E-state index in [1.54, 1.807) is 30.3 Å². The SMILES string of the molecule is O=C(CCCCCCC(=O)Nc1ccccc1O)N/N=C/c1ccco1. The van der Waals surface area contributed by atoms with Gasteiger partial charge in [-0.25, -0.2) is 5.43 Å². The average Bonchev–Trinajstić information content (AvgIpc) is 3.13. The molecule has 0 atom stereocenters. The zero-order valence-electron chi connectivity index (χ0n) is 14.5. The molecule has 0 aliphatic rings. The van der Waals surface area contributed by atoms with E-state index in [1.807, 2.05) is 0 Å². The zero-order valence-corrected chi connectivity index (χ0v) is 14.5. The summed E-state index contributed by atoms with van der Waals surface area (Å²) < 4.78 is 5.06. The first kappa shape index (κ1) is 19.2. The van der Waals surface area contributed by atoms with Crippen LogP contribution in [0, 0.1) is 0 Å². The Morgan fingerprint density at radius 1 is 1.00 bits per heavy atom. The van der Waals surface area contributed by atoms with Crippen LogP contribution in [0.1, 0.15) is 44.3 Å². The monoisotopic (exact) mass is 357 g/mol. The second-order valence-corrected chi connectivity index (χ2v) is 5.79. The van der Waals surface area contributed by atoms with Gasteiger partial charge in [0.25, 0.3) is 0 Å². The molecule has 0 aliphatic carbocycles. The number of carbonyl (C=O) groups is 2. The highest BCUT2D eigenvalue weighted by Crippen LogP contribution is 2.21. The van der Waals surface area contributed by atoms with Gasteiger partial charge in [0.2, 0.25) is 11.8 Å². The Hall–Kier alpha value is -3.09. The summed E-state index contributed by atoms with van der Waals surface area (Å²) in [6.07, 6.45) is 6.94. The van der Waals surface area contributed by atoms with Crippen LogP contribution in [0.15, 0.2) is 52.2 Å². The van der Waals surface area contributed by atoms with E-state index in [9.17, 15) is 14.7 Å². The molecule has 0 bridgehead atoms. The lowest BCUT2D eigenvalue weighted by Gasteiger charge is -2.06. The van der Waals surface area contributed by atoms with Gasteiger partial charge in [-0.2, -0.15) is 5.10 Å². The van der Waals surface area contributed by atoms with E-state index >= 15 is 0 Å². The molecule has 3 N–H and O–H groups in total. The Morgan fingerprint density at radius 2 is 1.73 bits per heavy atom. The molecule has 138 valence electrons. The molecule has 0 unspecified atom stereocenters. The van der Waals surface area contributed by atoms with Crippen LogP contribution in [0.2, 0.25) is 0 Å². The van der Waals surface area contributed by atoms with Gasteiger partial charge < -0.3 is 14.8 Å². The van der Waals surface area contributed by atoms with Crippen LogP contribution in [0.5, 0.6) is 5.75 Å². The van der Waals surface area contributed by atoms with E-state index in [2.05, 4.69) is 15.8 Å². The zero-order chi connectivity index (χ0) is 18.6. The third kappa shape index (κ3) is 7.21. The van der Waals surface area contributed by atoms with Crippen LogP contribution < -0.4 is 10.7 Å². The van der Waals surface area contributed by atoms with Crippen LogP contribution >= 0.6 is 0 Å². The molecule has 0 saturated heterocycles. The summed E-state index contributed by atoms with van der Waals surface area (Å²) in [4.78, 5) is 23.4. The maximum absolute atomic E-state index is 11.8. The van der Waals surface area contributed by atoms with Crippen molar-refractivity contribution in [2.24, 2.45) is 5.10 Å². The van der Waals surface area contributed by atoms with Crippen molar-refractivity contribution in [1.29, 1.82) is 0 Å². The Labute approximate surface area is 152 Å². The van der Waals surface area contributed by atoms with Crippen LogP contribution in [-0.4, -0.2) is 23.1 Å². The minimum Gasteiger partial charge on any atom is -0.506 e. The molecule has 1 heterocycles. The summed E-state index contributed by atoms with van der Waals surface area (Å²) in [7, 11) is 0. The van der Waals surface area contributed by atoms with Crippen molar-refractivity contribution in [3.63, 3.8) is 0 Å². The first-order chi connectivity index (χ1) is 12.6. The number of phenolic OH excluding ortho intramolecular Hbond substituents is 1. The van der Waals surface area contributed by atoms with Gasteiger partial charge in [-0.05, 0) is 37.1 Å². The van der Waals surface area contributed by atoms with E-state index in [0.29, 0.717) is 24.3 Å². The minimum absolute atomic E-state index is 0.0570. The number of para-hydroxylation sites is 2. The normalized spacial score (nSPS) is 10.8. The largest absolute Gasteiger partial charge is 0.506 e. The second kappa shape index (κ2) is 10.7. The van der Waals surface area contributed by atoms with Crippen molar-refractivity contribution in [3.8, 4) is 5.75 Å². The topological polar surface area (TPSA) is 104 Å². The number of aromatic hydroxyl groups is 1. The Bertz CT molecular complexity index is 726. The van der Waals surface area contributed by atoms with Gasteiger partial charge in [0.1, 0.15) is 11.5 Å². The third-order valence-corrected chi connectivity index (χ3v) is 3.66. The van der Waals surface area contributed by atoms with Crippen LogP contribution in [0.3, 0.4) is 0 Å². The molecular weight excluding hydrogens is 334 g/mol. The lowest BCUT2D eigenvalue weighted by molar-refractivity contribution is -0.121. The molecule has 7 heteroatoms. The van der Waals surface area contributed by atoms with Gasteiger partial charge >= 0.3 is 0 Å². The molecule has 1 aromatic heterocycles. The molecule has 0 radical (unpaired) electrons. The lowest BCUT2D eigenvalue weighted by Crippen LogP contribution is -2.16. The molecule has 7 nitrogen and oxygen atoms in total. The smallest absolute Gasteiger partial charge is 0.240 e. The van der Waals surface area contributed by atoms with Gasteiger partial charge in [0, 0.05) is 12.8 Å². The fraction of sp³-hybridized carbons (Fsp3) is 0.316. The number of rotatable bonds is 10. The van der Waals surface area contributed by atoms with Crippen molar-refractivity contribution >= 4 is 23.7 Å². The van der Waals surface area contributed by atoms with Crippen molar-refractivity contribution < 1.29 is 19.1 Å². The van der Waals surface area contributed by atoms with E-state index in [-0.39, 0.29) is 17.6 Å². The summed E-state index contributed by atoms with van der Waals surface area (Å²) >= 11 is 0. The summed E-state index contributed by atoms with van der Waals surface area (Å²) in [5.74, 6) is 0.357. The van der Waals surface area contributed by atoms with Crippen molar-refractivity contribution in [2.45, 2.75) is 38.5 Å². The highest BCUT2D eigenvalue weighted by atomic mass is 16.3. The van der Waals surface area contributed by atoms with Crippen molar-refractivity contribution in [1.82, 2.24) is 5.43 Å². The molecule has 0 fully saturated rings. The van der Waals surface area contributed by atoms with Crippen molar-refractivity contribution in [3.05, 3.63) is 48.4 Å². The number of hydrazone groups is 1. The third-order valence-electron chi connectivity index (χ3n) is 3.66. The van der Waals surface area contributed by atoms with Crippen molar-refractivity contribution in [2.75, 3.05) is 5.32 Å². The van der Waals surface area contributed by atoms with Gasteiger partial charge in [0.15, 0.2) is 0 Å². The van der Waals surface area contributed by atoms with Crippen LogP contribution in [-0.2, 0) is 9.59 Å². The van der Waals surface area contributed by atoms with Crippen LogP contribution in [0.4, 0.5) is 5.69 Å². The fourth-order valence-electron chi connectivity index (χ4n) is 2.31. The molecule has 2 amide bonds. The van der Waals surface area contributed by atoms with E-state index in [1.165, 1.54) is 18.5 Å². The number of benzene rings is 1. The maximum atomic E-state index is 11.8. The molecule has 2 rings (SSSR count). The Kier molecular flexibility index (Phi) is 7.92. The number of nitrogens with zero attached hydrogens (tertiary/aromatic N) is 1. The fourth-order valence-corrected chi connectivity index (χ4v) is 2.31. The van der Waals surface area contributed by atoms with E-state index < -0.39 is 0 Å². The highest BCUT2D eigenvalue weighted by molar-refractivity contribution is 5.92. The van der Waals surface area contributed by atoms with Gasteiger partial charge in [-0.1, -0.05) is 25.0 Å². The molecular formula is C19H23N3O4. The number of nitrogens with one attached hydrogen (secondary N) is 2. The summed E-state index contributed by atoms with van der Waals surface area (Å²) in [5, 5.41) is 16.1. The first-order valence-electron chi connectivity index (χ1n) is 8.58. The summed E-state index contributed by atoms with van der Waals surface area (Å²) in [5.41, 5.74) is 2.87. The molecule has 0 aliphatic heterocycles. The molecule has 0 spiro atoms. The summed E-state index contributed by atoms with van der Waals surface area (Å²) in [6.45, 7) is 0. The maximum Gasteiger partial charge on any atom is 0.240 e. The van der Waals surface area contributed by atoms with Gasteiger partial charge in [0.05, 0.1) is 18.2 Å². The molecule has 1 aromatic carbocycles. The number of hydrogen-bond donors (Lipinski definition) is 3. The highest BCUT2D eigenvalue weighted by Gasteiger charge is 2.05.